The van der Waals surface area contributed by atoms with Gasteiger partial charge in [-0.25, -0.2) is 4.98 Å². The van der Waals surface area contributed by atoms with Crippen molar-refractivity contribution in [1.82, 2.24) is 4.98 Å². The Labute approximate surface area is 142 Å². The summed E-state index contributed by atoms with van der Waals surface area (Å²) in [6.07, 6.45) is 0. The highest BCUT2D eigenvalue weighted by Gasteiger charge is 2.25. The molecule has 6 nitrogen and oxygen atoms in total. The molecule has 0 atom stereocenters. The minimum absolute atomic E-state index is 0.238. The number of quaternary nitrogens is 1. The molecule has 0 saturated heterocycles. The van der Waals surface area contributed by atoms with Crippen molar-refractivity contribution in [2.45, 2.75) is 4.90 Å². The Morgan fingerprint density at radius 1 is 1.13 bits per heavy atom. The van der Waals surface area contributed by atoms with Crippen LogP contribution in [0.1, 0.15) is 5.56 Å². The van der Waals surface area contributed by atoms with E-state index in [4.69, 9.17) is 28.8 Å². The predicted octanol–water partition coefficient (Wildman–Crippen LogP) is 1.35. The molecule has 0 amide bonds. The molecule has 8 heteroatoms. The molecule has 1 aromatic heterocycles. The number of aromatic nitrogens is 1. The summed E-state index contributed by atoms with van der Waals surface area (Å²) >= 11 is 7.80. The summed E-state index contributed by atoms with van der Waals surface area (Å²) in [5.41, 5.74) is 22.4. The van der Waals surface area contributed by atoms with E-state index in [0.717, 1.165) is 21.7 Å². The van der Waals surface area contributed by atoms with Crippen molar-refractivity contribution in [3.63, 3.8) is 0 Å². The summed E-state index contributed by atoms with van der Waals surface area (Å²) in [5, 5.41) is 5.05. The van der Waals surface area contributed by atoms with Gasteiger partial charge in [-0.3, -0.25) is 0 Å². The topological polar surface area (TPSA) is 120 Å². The van der Waals surface area contributed by atoms with Gasteiger partial charge in [0.2, 0.25) is 5.16 Å². The van der Waals surface area contributed by atoms with Gasteiger partial charge in [0.15, 0.2) is 0 Å². The van der Waals surface area contributed by atoms with Gasteiger partial charge in [0.25, 0.3) is 0 Å². The maximum absolute atomic E-state index is 6.29. The maximum Gasteiger partial charge on any atom is 0.231 e. The highest BCUT2D eigenvalue weighted by atomic mass is 35.5. The molecule has 8 N–H and O–H groups in total. The quantitative estimate of drug-likeness (QED) is 0.378. The van der Waals surface area contributed by atoms with E-state index >= 15 is 0 Å². The predicted molar refractivity (Wildman–Crippen MR) is 96.0 cm³/mol. The van der Waals surface area contributed by atoms with Crippen LogP contribution in [0.15, 0.2) is 57.1 Å². The summed E-state index contributed by atoms with van der Waals surface area (Å²) in [6.45, 7) is 0. The molecule has 1 aliphatic rings. The number of nitrogens with two attached hydrogens (primary N) is 4. The van der Waals surface area contributed by atoms with E-state index in [9.17, 15) is 0 Å². The van der Waals surface area contributed by atoms with Crippen molar-refractivity contribution in [1.29, 1.82) is 0 Å². The Bertz CT molecular complexity index is 803. The molecule has 23 heavy (non-hydrogen) atoms. The van der Waals surface area contributed by atoms with Crippen LogP contribution in [0.4, 0.5) is 17.3 Å². The third-order valence-corrected chi connectivity index (χ3v) is 4.78. The highest BCUT2D eigenvalue weighted by Crippen LogP contribution is 2.32. The van der Waals surface area contributed by atoms with Gasteiger partial charge < -0.3 is 17.2 Å². The van der Waals surface area contributed by atoms with E-state index in [-0.39, 0.29) is 5.82 Å². The Kier molecular flexibility index (Phi) is 4.42. The van der Waals surface area contributed by atoms with E-state index in [1.165, 1.54) is 11.8 Å². The average Bonchev–Trinajstić information content (AvgIpc) is 2.91. The summed E-state index contributed by atoms with van der Waals surface area (Å²) in [6, 6.07) is 11.6. The molecule has 2 heterocycles. The molecule has 0 bridgehead atoms. The zero-order chi connectivity index (χ0) is 16.4. The number of nitrogens with zero attached hydrogens (tertiary/aromatic N) is 2. The molecular weight excluding hydrogens is 332 g/mol. The first-order valence-corrected chi connectivity index (χ1v) is 8.22. The lowest BCUT2D eigenvalue weighted by atomic mass is 10.1. The lowest BCUT2D eigenvalue weighted by molar-refractivity contribution is -0.599. The van der Waals surface area contributed by atoms with Crippen molar-refractivity contribution in [2.24, 2.45) is 5.10 Å². The summed E-state index contributed by atoms with van der Waals surface area (Å²) in [4.78, 5) is 4.72. The SMILES string of the molecule is Nc1cc(SCC2=C(Cl)[NH2+]N=C2c2ccccc2)c(N)c(N)n1. The second-order valence-corrected chi connectivity index (χ2v) is 6.36. The fourth-order valence-electron chi connectivity index (χ4n) is 2.21. The number of hydrogen-bond donors (Lipinski definition) is 4. The molecular formula is C15H16ClN6S+. The number of benzene rings is 1. The average molecular weight is 348 g/mol. The molecule has 118 valence electrons. The molecule has 2 aromatic rings. The first-order chi connectivity index (χ1) is 11.1. The van der Waals surface area contributed by atoms with E-state index in [2.05, 4.69) is 10.1 Å². The van der Waals surface area contributed by atoms with Crippen molar-refractivity contribution in [2.75, 3.05) is 23.0 Å². The van der Waals surface area contributed by atoms with Crippen LogP contribution in [0.2, 0.25) is 0 Å². The number of rotatable bonds is 4. The standard InChI is InChI=1S/C15H15ClN6S/c16-14-9(13(21-22-14)8-4-2-1-3-5-8)7-23-10-6-11(17)20-15(19)12(10)18/h1-6H,7,18H2,(H,21,22)(H4,17,19,20)/p+1. The first kappa shape index (κ1) is 15.7. The van der Waals surface area contributed by atoms with Gasteiger partial charge in [0.1, 0.15) is 17.3 Å². The number of thioether (sulfide) groups is 1. The van der Waals surface area contributed by atoms with Gasteiger partial charge in [0.05, 0.1) is 11.3 Å². The first-order valence-electron chi connectivity index (χ1n) is 6.86. The van der Waals surface area contributed by atoms with Crippen LogP contribution in [0, 0.1) is 0 Å². The minimum atomic E-state index is 0.238. The lowest BCUT2D eigenvalue weighted by Crippen LogP contribution is -2.72. The second-order valence-electron chi connectivity index (χ2n) is 4.93. The van der Waals surface area contributed by atoms with E-state index in [1.54, 1.807) is 11.5 Å². The van der Waals surface area contributed by atoms with Crippen LogP contribution in [0.25, 0.3) is 0 Å². The van der Waals surface area contributed by atoms with Gasteiger partial charge in [-0.05, 0) is 17.7 Å². The number of pyridine rings is 1. The number of nitrogen functional groups attached to an aromatic ring is 3. The van der Waals surface area contributed by atoms with Crippen LogP contribution >= 0.6 is 23.4 Å². The lowest BCUT2D eigenvalue weighted by Gasteiger charge is -2.09. The Morgan fingerprint density at radius 2 is 1.87 bits per heavy atom. The van der Waals surface area contributed by atoms with Crippen molar-refractivity contribution in [3.8, 4) is 0 Å². The molecule has 0 unspecified atom stereocenters. The summed E-state index contributed by atoms with van der Waals surface area (Å²) in [7, 11) is 0. The Balaban J connectivity index is 1.83. The Hall–Kier alpha value is -2.22. The van der Waals surface area contributed by atoms with E-state index < -0.39 is 0 Å². The van der Waals surface area contributed by atoms with Gasteiger partial charge in [-0.2, -0.15) is 5.43 Å². The van der Waals surface area contributed by atoms with Gasteiger partial charge in [0, 0.05) is 16.2 Å². The maximum atomic E-state index is 6.29. The molecule has 0 radical (unpaired) electrons. The number of hydrogen-bond acceptors (Lipinski definition) is 6. The van der Waals surface area contributed by atoms with Crippen LogP contribution in [-0.2, 0) is 0 Å². The second kappa shape index (κ2) is 6.49. The molecule has 0 saturated carbocycles. The zero-order valence-electron chi connectivity index (χ0n) is 12.2. The third-order valence-electron chi connectivity index (χ3n) is 3.37. The largest absolute Gasteiger partial charge is 0.395 e. The van der Waals surface area contributed by atoms with Crippen LogP contribution in [0.3, 0.4) is 0 Å². The smallest absolute Gasteiger partial charge is 0.231 e. The number of anilines is 3. The molecule has 0 aliphatic carbocycles. The fraction of sp³-hybridized carbons (Fsp3) is 0.0667. The number of halogens is 1. The van der Waals surface area contributed by atoms with Crippen molar-refractivity contribution < 1.29 is 5.43 Å². The third kappa shape index (κ3) is 3.26. The normalized spacial score (nSPS) is 14.2. The fourth-order valence-corrected chi connectivity index (χ4v) is 3.55. The van der Waals surface area contributed by atoms with E-state index in [0.29, 0.717) is 22.4 Å². The van der Waals surface area contributed by atoms with Crippen LogP contribution in [-0.4, -0.2) is 16.4 Å². The molecule has 0 fully saturated rings. The Morgan fingerprint density at radius 3 is 2.61 bits per heavy atom. The zero-order valence-corrected chi connectivity index (χ0v) is 13.7. The van der Waals surface area contributed by atoms with Crippen LogP contribution < -0.4 is 22.6 Å². The van der Waals surface area contributed by atoms with E-state index in [1.807, 2.05) is 30.3 Å². The van der Waals surface area contributed by atoms with Gasteiger partial charge in [-0.1, -0.05) is 35.4 Å². The molecule has 1 aromatic carbocycles. The summed E-state index contributed by atoms with van der Waals surface area (Å²) < 4.78 is 0. The van der Waals surface area contributed by atoms with Crippen LogP contribution in [0.5, 0.6) is 0 Å². The van der Waals surface area contributed by atoms with Gasteiger partial charge >= 0.3 is 0 Å². The summed E-state index contributed by atoms with van der Waals surface area (Å²) in [5.74, 6) is 1.19. The minimum Gasteiger partial charge on any atom is -0.395 e. The molecule has 0 spiro atoms. The van der Waals surface area contributed by atoms with Crippen molar-refractivity contribution in [3.05, 3.63) is 52.7 Å². The van der Waals surface area contributed by atoms with Gasteiger partial charge in [-0.15, -0.1) is 11.8 Å². The highest BCUT2D eigenvalue weighted by molar-refractivity contribution is 7.99. The molecule has 1 aliphatic heterocycles. The van der Waals surface area contributed by atoms with Crippen molar-refractivity contribution >= 4 is 46.4 Å². The monoisotopic (exact) mass is 347 g/mol. The molecule has 3 rings (SSSR count).